The zero-order valence-electron chi connectivity index (χ0n) is 13.3. The molecule has 1 heterocycles. The first-order valence-electron chi connectivity index (χ1n) is 7.99. The summed E-state index contributed by atoms with van der Waals surface area (Å²) in [6.45, 7) is 3.96. The zero-order chi connectivity index (χ0) is 14.6. The molecule has 0 saturated heterocycles. The van der Waals surface area contributed by atoms with Crippen molar-refractivity contribution in [2.75, 3.05) is 13.6 Å². The highest BCUT2D eigenvalue weighted by atomic mass is 15.2. The number of nitrogens with zero attached hydrogens (tertiary/aromatic N) is 3. The summed E-state index contributed by atoms with van der Waals surface area (Å²) in [6, 6.07) is 0. The number of nitrogens with two attached hydrogens (primary N) is 1. The molecule has 1 saturated carbocycles. The fraction of sp³-hybridized carbons (Fsp3) is 0.812. The molecule has 2 unspecified atom stereocenters. The van der Waals surface area contributed by atoms with Crippen molar-refractivity contribution in [3.63, 3.8) is 0 Å². The van der Waals surface area contributed by atoms with Crippen LogP contribution >= 0.6 is 0 Å². The maximum Gasteiger partial charge on any atom is 0.122 e. The van der Waals surface area contributed by atoms with Crippen LogP contribution in [0, 0.1) is 5.92 Å². The minimum Gasteiger partial charge on any atom is -0.337 e. The van der Waals surface area contributed by atoms with Crippen LogP contribution in [0.3, 0.4) is 0 Å². The van der Waals surface area contributed by atoms with Crippen LogP contribution in [-0.2, 0) is 13.6 Å². The molecule has 0 radical (unpaired) electrons. The van der Waals surface area contributed by atoms with E-state index in [1.807, 2.05) is 12.4 Å². The molecule has 2 N–H and O–H groups in total. The Morgan fingerprint density at radius 3 is 2.85 bits per heavy atom. The van der Waals surface area contributed by atoms with E-state index in [-0.39, 0.29) is 5.54 Å². The second-order valence-corrected chi connectivity index (χ2v) is 6.44. The van der Waals surface area contributed by atoms with E-state index >= 15 is 0 Å². The van der Waals surface area contributed by atoms with Crippen molar-refractivity contribution in [1.29, 1.82) is 0 Å². The van der Waals surface area contributed by atoms with Gasteiger partial charge in [0, 0.05) is 31.5 Å². The quantitative estimate of drug-likeness (QED) is 0.842. The Morgan fingerprint density at radius 2 is 2.25 bits per heavy atom. The van der Waals surface area contributed by atoms with E-state index in [2.05, 4.69) is 35.5 Å². The van der Waals surface area contributed by atoms with Crippen LogP contribution in [0.25, 0.3) is 0 Å². The average Bonchev–Trinajstić information content (AvgIpc) is 2.75. The number of rotatable bonds is 5. The van der Waals surface area contributed by atoms with Gasteiger partial charge in [0.1, 0.15) is 5.82 Å². The smallest absolute Gasteiger partial charge is 0.122 e. The second-order valence-electron chi connectivity index (χ2n) is 6.44. The van der Waals surface area contributed by atoms with Crippen LogP contribution in [-0.4, -0.2) is 33.6 Å². The first-order valence-corrected chi connectivity index (χ1v) is 7.99. The van der Waals surface area contributed by atoms with Gasteiger partial charge in [-0.3, -0.25) is 4.90 Å². The van der Waals surface area contributed by atoms with Crippen molar-refractivity contribution in [2.45, 2.75) is 57.5 Å². The van der Waals surface area contributed by atoms with Crippen LogP contribution in [0.15, 0.2) is 12.4 Å². The highest BCUT2D eigenvalue weighted by Gasteiger charge is 2.35. The Hall–Kier alpha value is -0.870. The molecule has 1 aromatic rings. The lowest BCUT2D eigenvalue weighted by Gasteiger charge is -2.40. The molecule has 0 bridgehead atoms. The van der Waals surface area contributed by atoms with Gasteiger partial charge in [0.05, 0.1) is 6.54 Å². The van der Waals surface area contributed by atoms with E-state index in [0.717, 1.165) is 24.8 Å². The summed E-state index contributed by atoms with van der Waals surface area (Å²) in [5.74, 6) is 2.02. The summed E-state index contributed by atoms with van der Waals surface area (Å²) in [6.07, 6.45) is 11.6. The Balaban J connectivity index is 2.07. The highest BCUT2D eigenvalue weighted by Crippen LogP contribution is 2.35. The standard InChI is InChI=1S/C16H30N4/c1-4-14-6-5-8-16(13-17,9-7-14)20(3)12-15-18-10-11-19(15)2/h10-11,14H,4-9,12-13,17H2,1-3H3. The molecule has 0 amide bonds. The second kappa shape index (κ2) is 6.72. The SMILES string of the molecule is CCC1CCCC(CN)(N(C)Cc2nccn2C)CC1. The fourth-order valence-corrected chi connectivity index (χ4v) is 3.54. The van der Waals surface area contributed by atoms with E-state index in [1.54, 1.807) is 0 Å². The minimum absolute atomic E-state index is 0.163. The van der Waals surface area contributed by atoms with Crippen molar-refractivity contribution in [3.8, 4) is 0 Å². The Labute approximate surface area is 123 Å². The zero-order valence-corrected chi connectivity index (χ0v) is 13.3. The first kappa shape index (κ1) is 15.5. The largest absolute Gasteiger partial charge is 0.337 e. The number of aryl methyl sites for hydroxylation is 1. The predicted octanol–water partition coefficient (Wildman–Crippen LogP) is 2.54. The highest BCUT2D eigenvalue weighted by molar-refractivity contribution is 4.97. The van der Waals surface area contributed by atoms with E-state index < -0.39 is 0 Å². The molecule has 1 aliphatic carbocycles. The normalized spacial score (nSPS) is 27.8. The maximum atomic E-state index is 6.19. The fourth-order valence-electron chi connectivity index (χ4n) is 3.54. The van der Waals surface area contributed by atoms with Gasteiger partial charge in [0.25, 0.3) is 0 Å². The average molecular weight is 278 g/mol. The molecule has 2 rings (SSSR count). The number of hydrogen-bond donors (Lipinski definition) is 1. The van der Waals surface area contributed by atoms with E-state index in [1.165, 1.54) is 38.5 Å². The predicted molar refractivity (Wildman–Crippen MR) is 83.3 cm³/mol. The lowest BCUT2D eigenvalue weighted by atomic mass is 9.87. The summed E-state index contributed by atoms with van der Waals surface area (Å²) in [4.78, 5) is 6.90. The van der Waals surface area contributed by atoms with Crippen LogP contribution in [0.5, 0.6) is 0 Å². The van der Waals surface area contributed by atoms with E-state index in [0.29, 0.717) is 0 Å². The molecule has 1 aliphatic rings. The van der Waals surface area contributed by atoms with Crippen LogP contribution in [0.4, 0.5) is 0 Å². The number of likely N-dealkylation sites (N-methyl/N-ethyl adjacent to an activating group) is 1. The summed E-state index contributed by atoms with van der Waals surface area (Å²) >= 11 is 0. The molecule has 0 aromatic carbocycles. The summed E-state index contributed by atoms with van der Waals surface area (Å²) in [5, 5.41) is 0. The molecule has 0 aliphatic heterocycles. The van der Waals surface area contributed by atoms with Crippen molar-refractivity contribution >= 4 is 0 Å². The lowest BCUT2D eigenvalue weighted by molar-refractivity contribution is 0.0947. The molecular weight excluding hydrogens is 248 g/mol. The van der Waals surface area contributed by atoms with Crippen molar-refractivity contribution in [3.05, 3.63) is 18.2 Å². The van der Waals surface area contributed by atoms with Gasteiger partial charge in [-0.15, -0.1) is 0 Å². The summed E-state index contributed by atoms with van der Waals surface area (Å²) < 4.78 is 2.10. The summed E-state index contributed by atoms with van der Waals surface area (Å²) in [5.41, 5.74) is 6.36. The van der Waals surface area contributed by atoms with Gasteiger partial charge in [-0.2, -0.15) is 0 Å². The molecule has 20 heavy (non-hydrogen) atoms. The molecule has 0 spiro atoms. The molecule has 4 heteroatoms. The van der Waals surface area contributed by atoms with Crippen molar-refractivity contribution < 1.29 is 0 Å². The number of aromatic nitrogens is 2. The first-order chi connectivity index (χ1) is 9.61. The van der Waals surface area contributed by atoms with Crippen LogP contribution < -0.4 is 5.73 Å². The third-order valence-corrected chi connectivity index (χ3v) is 5.34. The third-order valence-electron chi connectivity index (χ3n) is 5.34. The van der Waals surface area contributed by atoms with Gasteiger partial charge in [0.2, 0.25) is 0 Å². The monoisotopic (exact) mass is 278 g/mol. The number of imidazole rings is 1. The van der Waals surface area contributed by atoms with Gasteiger partial charge in [0.15, 0.2) is 0 Å². The van der Waals surface area contributed by atoms with Crippen LogP contribution in [0.1, 0.15) is 51.3 Å². The van der Waals surface area contributed by atoms with Gasteiger partial charge in [-0.05, 0) is 32.2 Å². The molecule has 4 nitrogen and oxygen atoms in total. The minimum atomic E-state index is 0.163. The maximum absolute atomic E-state index is 6.19. The third kappa shape index (κ3) is 3.23. The van der Waals surface area contributed by atoms with Crippen molar-refractivity contribution in [2.24, 2.45) is 18.7 Å². The summed E-state index contributed by atoms with van der Waals surface area (Å²) in [7, 11) is 4.28. The van der Waals surface area contributed by atoms with Crippen LogP contribution in [0.2, 0.25) is 0 Å². The topological polar surface area (TPSA) is 47.1 Å². The molecule has 1 aromatic heterocycles. The molecule has 2 atom stereocenters. The molecule has 114 valence electrons. The van der Waals surface area contributed by atoms with Gasteiger partial charge < -0.3 is 10.3 Å². The molecule has 1 fully saturated rings. The van der Waals surface area contributed by atoms with Crippen molar-refractivity contribution in [1.82, 2.24) is 14.5 Å². The van der Waals surface area contributed by atoms with Gasteiger partial charge in [-0.25, -0.2) is 4.98 Å². The van der Waals surface area contributed by atoms with Gasteiger partial charge >= 0.3 is 0 Å². The molecular formula is C16H30N4. The lowest BCUT2D eigenvalue weighted by Crippen LogP contribution is -2.51. The van der Waals surface area contributed by atoms with E-state index in [4.69, 9.17) is 5.73 Å². The Kier molecular flexibility index (Phi) is 5.22. The Bertz CT molecular complexity index is 414. The number of hydrogen-bond acceptors (Lipinski definition) is 3. The Morgan fingerprint density at radius 1 is 1.45 bits per heavy atom. The van der Waals surface area contributed by atoms with Gasteiger partial charge in [-0.1, -0.05) is 26.2 Å². The van der Waals surface area contributed by atoms with E-state index in [9.17, 15) is 0 Å².